The van der Waals surface area contributed by atoms with Gasteiger partial charge in [-0.05, 0) is 45.0 Å². The molecular formula is C18H24FN3O6. The van der Waals surface area contributed by atoms with Crippen LogP contribution >= 0.6 is 0 Å². The summed E-state index contributed by atoms with van der Waals surface area (Å²) in [6.07, 6.45) is -0.803. The second kappa shape index (κ2) is 10.9. The Morgan fingerprint density at radius 2 is 1.64 bits per heavy atom. The molecule has 0 saturated heterocycles. The van der Waals surface area contributed by atoms with E-state index in [1.54, 1.807) is 20.8 Å². The molecule has 10 heteroatoms. The summed E-state index contributed by atoms with van der Waals surface area (Å²) in [5.41, 5.74) is -0.268. The Kier molecular flexibility index (Phi) is 8.86. The van der Waals surface area contributed by atoms with Crippen LogP contribution < -0.4 is 16.0 Å². The monoisotopic (exact) mass is 397 g/mol. The summed E-state index contributed by atoms with van der Waals surface area (Å²) in [6.45, 7) is 4.22. The number of alkyl carbamates (subject to hydrolysis) is 1. The third-order valence-electron chi connectivity index (χ3n) is 2.94. The fraction of sp³-hybridized carbons (Fsp3) is 0.444. The molecule has 1 aromatic rings. The Labute approximate surface area is 161 Å². The highest BCUT2D eigenvalue weighted by molar-refractivity contribution is 5.94. The molecule has 0 aliphatic carbocycles. The van der Waals surface area contributed by atoms with Crippen molar-refractivity contribution in [3.05, 3.63) is 30.1 Å². The number of anilines is 1. The summed E-state index contributed by atoms with van der Waals surface area (Å²) in [4.78, 5) is 46.2. The van der Waals surface area contributed by atoms with E-state index in [1.807, 2.05) is 0 Å². The molecule has 0 spiro atoms. The number of hydrogen-bond donors (Lipinski definition) is 3. The molecule has 28 heavy (non-hydrogen) atoms. The number of nitrogens with one attached hydrogen (secondary N) is 3. The van der Waals surface area contributed by atoms with Crippen molar-refractivity contribution in [1.82, 2.24) is 10.6 Å². The summed E-state index contributed by atoms with van der Waals surface area (Å²) in [5.74, 6) is -2.31. The molecule has 0 bridgehead atoms. The van der Waals surface area contributed by atoms with Crippen molar-refractivity contribution in [3.63, 3.8) is 0 Å². The van der Waals surface area contributed by atoms with Gasteiger partial charge in [0.15, 0.2) is 6.61 Å². The van der Waals surface area contributed by atoms with Crippen LogP contribution in [0.3, 0.4) is 0 Å². The first-order valence-electron chi connectivity index (χ1n) is 8.50. The summed E-state index contributed by atoms with van der Waals surface area (Å²) in [7, 11) is 0. The largest absolute Gasteiger partial charge is 0.456 e. The van der Waals surface area contributed by atoms with Crippen molar-refractivity contribution in [2.45, 2.75) is 32.8 Å². The lowest BCUT2D eigenvalue weighted by Crippen LogP contribution is -2.36. The standard InChI is InChI=1S/C18H24FN3O6/c1-18(2,3)28-17(26)20-9-8-16(25)27-11-15(24)21-10-14(23)22-13-6-4-12(19)5-7-13/h4-7H,8-11H2,1-3H3,(H,20,26)(H,21,24)(H,22,23). The molecule has 0 aliphatic rings. The first-order chi connectivity index (χ1) is 13.0. The van der Waals surface area contributed by atoms with Gasteiger partial charge in [0, 0.05) is 12.2 Å². The van der Waals surface area contributed by atoms with Crippen LogP contribution in [0.2, 0.25) is 0 Å². The van der Waals surface area contributed by atoms with Gasteiger partial charge < -0.3 is 25.4 Å². The van der Waals surface area contributed by atoms with Gasteiger partial charge in [-0.1, -0.05) is 0 Å². The third kappa shape index (κ3) is 10.7. The van der Waals surface area contributed by atoms with Gasteiger partial charge in [0.25, 0.3) is 5.91 Å². The van der Waals surface area contributed by atoms with E-state index >= 15 is 0 Å². The third-order valence-corrected chi connectivity index (χ3v) is 2.94. The van der Waals surface area contributed by atoms with E-state index in [1.165, 1.54) is 24.3 Å². The van der Waals surface area contributed by atoms with E-state index in [0.29, 0.717) is 5.69 Å². The molecule has 0 fully saturated rings. The molecule has 0 saturated carbocycles. The lowest BCUT2D eigenvalue weighted by atomic mass is 10.2. The van der Waals surface area contributed by atoms with Gasteiger partial charge in [0.2, 0.25) is 5.91 Å². The van der Waals surface area contributed by atoms with E-state index in [0.717, 1.165) is 0 Å². The zero-order valence-electron chi connectivity index (χ0n) is 16.0. The van der Waals surface area contributed by atoms with Crippen LogP contribution in [-0.2, 0) is 23.9 Å². The van der Waals surface area contributed by atoms with Crippen LogP contribution in [0.25, 0.3) is 0 Å². The maximum atomic E-state index is 12.8. The summed E-state index contributed by atoms with van der Waals surface area (Å²) < 4.78 is 22.5. The smallest absolute Gasteiger partial charge is 0.407 e. The van der Waals surface area contributed by atoms with Crippen molar-refractivity contribution >= 4 is 29.6 Å². The summed E-state index contributed by atoms with van der Waals surface area (Å²) in [6, 6.07) is 5.13. The van der Waals surface area contributed by atoms with Gasteiger partial charge in [-0.25, -0.2) is 9.18 Å². The number of carbonyl (C=O) groups excluding carboxylic acids is 4. The van der Waals surface area contributed by atoms with Crippen LogP contribution in [0.4, 0.5) is 14.9 Å². The molecule has 0 radical (unpaired) electrons. The molecular weight excluding hydrogens is 373 g/mol. The Balaban J connectivity index is 2.16. The zero-order chi connectivity index (χ0) is 21.2. The highest BCUT2D eigenvalue weighted by Gasteiger charge is 2.16. The van der Waals surface area contributed by atoms with Crippen molar-refractivity contribution in [2.75, 3.05) is 25.0 Å². The summed E-state index contributed by atoms with van der Waals surface area (Å²) >= 11 is 0. The van der Waals surface area contributed by atoms with Gasteiger partial charge >= 0.3 is 12.1 Å². The van der Waals surface area contributed by atoms with E-state index in [-0.39, 0.29) is 19.5 Å². The van der Waals surface area contributed by atoms with E-state index in [2.05, 4.69) is 16.0 Å². The maximum Gasteiger partial charge on any atom is 0.407 e. The van der Waals surface area contributed by atoms with Crippen molar-refractivity contribution in [1.29, 1.82) is 0 Å². The van der Waals surface area contributed by atoms with Crippen molar-refractivity contribution < 1.29 is 33.0 Å². The van der Waals surface area contributed by atoms with Gasteiger partial charge in [0.1, 0.15) is 11.4 Å². The molecule has 3 amide bonds. The number of benzene rings is 1. The van der Waals surface area contributed by atoms with Crippen LogP contribution in [0.1, 0.15) is 27.2 Å². The Morgan fingerprint density at radius 3 is 2.25 bits per heavy atom. The molecule has 1 rings (SSSR count). The van der Waals surface area contributed by atoms with E-state index in [9.17, 15) is 23.6 Å². The van der Waals surface area contributed by atoms with Gasteiger partial charge in [-0.2, -0.15) is 0 Å². The SMILES string of the molecule is CC(C)(C)OC(=O)NCCC(=O)OCC(=O)NCC(=O)Nc1ccc(F)cc1. The first-order valence-corrected chi connectivity index (χ1v) is 8.50. The average molecular weight is 397 g/mol. The van der Waals surface area contributed by atoms with Gasteiger partial charge in [-0.3, -0.25) is 14.4 Å². The predicted octanol–water partition coefficient (Wildman–Crippen LogP) is 1.34. The number of rotatable bonds is 8. The van der Waals surface area contributed by atoms with Crippen LogP contribution in [0.5, 0.6) is 0 Å². The highest BCUT2D eigenvalue weighted by Crippen LogP contribution is 2.07. The molecule has 0 unspecified atom stereocenters. The van der Waals surface area contributed by atoms with E-state index in [4.69, 9.17) is 9.47 Å². The molecule has 0 aliphatic heterocycles. The second-order valence-electron chi connectivity index (χ2n) is 6.67. The highest BCUT2D eigenvalue weighted by atomic mass is 19.1. The number of halogens is 1. The van der Waals surface area contributed by atoms with Crippen molar-refractivity contribution in [2.24, 2.45) is 0 Å². The lowest BCUT2D eigenvalue weighted by Gasteiger charge is -2.19. The normalized spacial score (nSPS) is 10.6. The minimum Gasteiger partial charge on any atom is -0.456 e. The zero-order valence-corrected chi connectivity index (χ0v) is 16.0. The minimum atomic E-state index is -0.693. The number of ether oxygens (including phenoxy) is 2. The molecule has 0 atom stereocenters. The van der Waals surface area contributed by atoms with Crippen LogP contribution in [0.15, 0.2) is 24.3 Å². The van der Waals surface area contributed by atoms with E-state index < -0.39 is 41.9 Å². The average Bonchev–Trinajstić information content (AvgIpc) is 2.58. The topological polar surface area (TPSA) is 123 Å². The van der Waals surface area contributed by atoms with Gasteiger partial charge in [-0.15, -0.1) is 0 Å². The maximum absolute atomic E-state index is 12.8. The fourth-order valence-corrected chi connectivity index (χ4v) is 1.77. The predicted molar refractivity (Wildman–Crippen MR) is 97.9 cm³/mol. The fourth-order valence-electron chi connectivity index (χ4n) is 1.77. The van der Waals surface area contributed by atoms with Crippen molar-refractivity contribution in [3.8, 4) is 0 Å². The minimum absolute atomic E-state index is 0.00452. The van der Waals surface area contributed by atoms with Crippen LogP contribution in [-0.4, -0.2) is 49.2 Å². The molecule has 1 aromatic carbocycles. The number of amides is 3. The molecule has 154 valence electrons. The molecule has 9 nitrogen and oxygen atoms in total. The quantitative estimate of drug-likeness (QED) is 0.569. The number of esters is 1. The van der Waals surface area contributed by atoms with Crippen LogP contribution in [0, 0.1) is 5.82 Å². The van der Waals surface area contributed by atoms with Gasteiger partial charge in [0.05, 0.1) is 13.0 Å². The first kappa shape index (κ1) is 22.9. The number of carbonyl (C=O) groups is 4. The Bertz CT molecular complexity index is 700. The lowest BCUT2D eigenvalue weighted by molar-refractivity contribution is -0.148. The molecule has 0 aromatic heterocycles. The summed E-state index contributed by atoms with van der Waals surface area (Å²) in [5, 5.41) is 7.13. The molecule has 0 heterocycles. The Hall–Kier alpha value is -3.17. The second-order valence-corrected chi connectivity index (χ2v) is 6.67. The number of hydrogen-bond acceptors (Lipinski definition) is 6. The molecule has 3 N–H and O–H groups in total. The Morgan fingerprint density at radius 1 is 1.00 bits per heavy atom.